The summed E-state index contributed by atoms with van der Waals surface area (Å²) < 4.78 is 18.8. The number of benzene rings is 2. The summed E-state index contributed by atoms with van der Waals surface area (Å²) in [6, 6.07) is 10.5. The van der Waals surface area contributed by atoms with Gasteiger partial charge in [0.1, 0.15) is 34.5 Å². The number of aromatic hydroxyl groups is 2. The van der Waals surface area contributed by atoms with Crippen LogP contribution in [0.5, 0.6) is 23.0 Å². The first-order valence-electron chi connectivity index (χ1n) is 10.0. The van der Waals surface area contributed by atoms with Gasteiger partial charge in [0.25, 0.3) is 0 Å². The average Bonchev–Trinajstić information content (AvgIpc) is 2.66. The summed E-state index contributed by atoms with van der Waals surface area (Å²) in [7, 11) is 0. The molecule has 2 heterocycles. The molecular formula is C22H20N2O7. The predicted octanol–water partition coefficient (Wildman–Crippen LogP) is 3.56. The third kappa shape index (κ3) is 3.39. The highest BCUT2D eigenvalue weighted by atomic mass is 16.6. The van der Waals surface area contributed by atoms with Crippen LogP contribution in [0.15, 0.2) is 36.4 Å². The molecule has 0 amide bonds. The van der Waals surface area contributed by atoms with Crippen molar-refractivity contribution in [1.82, 2.24) is 0 Å². The smallest absolute Gasteiger partial charge is 0.310 e. The van der Waals surface area contributed by atoms with E-state index in [9.17, 15) is 20.3 Å². The van der Waals surface area contributed by atoms with Gasteiger partial charge in [0.15, 0.2) is 5.75 Å². The van der Waals surface area contributed by atoms with Crippen LogP contribution < -0.4 is 9.47 Å². The van der Waals surface area contributed by atoms with E-state index in [1.165, 1.54) is 30.3 Å². The molecule has 2 saturated carbocycles. The Balaban J connectivity index is 1.41. The largest absolute Gasteiger partial charge is 0.506 e. The number of nitro benzene ring substituents is 1. The van der Waals surface area contributed by atoms with E-state index in [0.717, 1.165) is 0 Å². The molecular weight excluding hydrogens is 404 g/mol. The number of ether oxygens (including phenoxy) is 3. The molecule has 0 spiro atoms. The Morgan fingerprint density at radius 3 is 2.03 bits per heavy atom. The highest BCUT2D eigenvalue weighted by Crippen LogP contribution is 2.55. The maximum absolute atomic E-state index is 11.0. The van der Waals surface area contributed by atoms with E-state index in [2.05, 4.69) is 0 Å². The highest BCUT2D eigenvalue weighted by Gasteiger charge is 2.61. The van der Waals surface area contributed by atoms with E-state index in [4.69, 9.17) is 19.5 Å². The number of nitriles is 1. The van der Waals surface area contributed by atoms with Crippen LogP contribution in [0.2, 0.25) is 0 Å². The number of hydrogen-bond donors (Lipinski definition) is 2. The van der Waals surface area contributed by atoms with Crippen LogP contribution in [0.25, 0.3) is 0 Å². The SMILES string of the molecule is N#Cc1ccc(OC23CC4CC(Oc5ccc([N+](=O)[O-])c(O)c5)(CC(C2)O4)C3)cc1O. The number of phenolic OH excluding ortho intramolecular Hbond substituents is 2. The van der Waals surface area contributed by atoms with Crippen LogP contribution >= 0.6 is 0 Å². The molecule has 2 aromatic rings. The van der Waals surface area contributed by atoms with Crippen molar-refractivity contribution in [3.63, 3.8) is 0 Å². The number of hydrogen-bond acceptors (Lipinski definition) is 8. The second-order valence-electron chi connectivity index (χ2n) is 8.64. The topological polar surface area (TPSA) is 135 Å². The van der Waals surface area contributed by atoms with Crippen LogP contribution in [0, 0.1) is 21.4 Å². The average molecular weight is 424 g/mol. The van der Waals surface area contributed by atoms with Gasteiger partial charge in [-0.05, 0) is 18.2 Å². The molecule has 9 nitrogen and oxygen atoms in total. The van der Waals surface area contributed by atoms with Gasteiger partial charge in [-0.2, -0.15) is 5.26 Å². The molecule has 31 heavy (non-hydrogen) atoms. The highest BCUT2D eigenvalue weighted by molar-refractivity contribution is 5.50. The molecule has 160 valence electrons. The molecule has 4 bridgehead atoms. The Morgan fingerprint density at radius 1 is 1.00 bits per heavy atom. The van der Waals surface area contributed by atoms with E-state index >= 15 is 0 Å². The van der Waals surface area contributed by atoms with Gasteiger partial charge in [-0.25, -0.2) is 0 Å². The fourth-order valence-corrected chi connectivity index (χ4v) is 5.44. The summed E-state index contributed by atoms with van der Waals surface area (Å²) in [5.74, 6) is 0.258. The molecule has 4 aliphatic rings. The Hall–Kier alpha value is -3.51. The van der Waals surface area contributed by atoms with Crippen LogP contribution in [0.4, 0.5) is 5.69 Å². The number of nitro groups is 1. The Bertz CT molecular complexity index is 1100. The minimum absolute atomic E-state index is 0.0557. The van der Waals surface area contributed by atoms with E-state index in [1.54, 1.807) is 6.07 Å². The van der Waals surface area contributed by atoms with Gasteiger partial charge in [-0.1, -0.05) is 0 Å². The van der Waals surface area contributed by atoms with Crippen molar-refractivity contribution in [2.24, 2.45) is 0 Å². The zero-order chi connectivity index (χ0) is 21.8. The van der Waals surface area contributed by atoms with Gasteiger partial charge in [-0.15, -0.1) is 0 Å². The van der Waals surface area contributed by atoms with Crippen molar-refractivity contribution >= 4 is 5.69 Å². The van der Waals surface area contributed by atoms with E-state index in [1.807, 2.05) is 6.07 Å². The van der Waals surface area contributed by atoms with Gasteiger partial charge in [-0.3, -0.25) is 10.1 Å². The lowest BCUT2D eigenvalue weighted by Gasteiger charge is -2.60. The first-order chi connectivity index (χ1) is 14.8. The van der Waals surface area contributed by atoms with Gasteiger partial charge < -0.3 is 24.4 Å². The van der Waals surface area contributed by atoms with E-state index in [0.29, 0.717) is 43.6 Å². The second kappa shape index (κ2) is 6.75. The maximum atomic E-state index is 11.0. The molecule has 2 aliphatic heterocycles. The fourth-order valence-electron chi connectivity index (χ4n) is 5.44. The lowest BCUT2D eigenvalue weighted by Crippen LogP contribution is -2.67. The summed E-state index contributed by atoms with van der Waals surface area (Å²) in [6.45, 7) is 0. The first-order valence-corrected chi connectivity index (χ1v) is 10.0. The standard InChI is InChI=1S/C22H20N2O7/c23-11-13-1-2-14(5-19(13)25)30-21-7-16-9-22(12-21,10-17(8-21)29-16)31-15-3-4-18(24(27)28)20(26)6-15/h1-6,16-17,25-26H,7-10,12H2. The molecule has 2 saturated heterocycles. The molecule has 9 heteroatoms. The Labute approximate surface area is 177 Å². The molecule has 0 radical (unpaired) electrons. The Kier molecular flexibility index (Phi) is 4.24. The van der Waals surface area contributed by atoms with Crippen molar-refractivity contribution in [1.29, 1.82) is 5.26 Å². The second-order valence-corrected chi connectivity index (χ2v) is 8.64. The predicted molar refractivity (Wildman–Crippen MR) is 106 cm³/mol. The monoisotopic (exact) mass is 424 g/mol. The number of phenols is 2. The van der Waals surface area contributed by atoms with E-state index < -0.39 is 21.9 Å². The fraction of sp³-hybridized carbons (Fsp3) is 0.409. The van der Waals surface area contributed by atoms with E-state index in [-0.39, 0.29) is 29.2 Å². The quantitative estimate of drug-likeness (QED) is 0.549. The van der Waals surface area contributed by atoms with Crippen molar-refractivity contribution < 1.29 is 29.3 Å². The molecule has 2 N–H and O–H groups in total. The minimum Gasteiger partial charge on any atom is -0.506 e. The molecule has 2 unspecified atom stereocenters. The normalized spacial score (nSPS) is 30.5. The zero-order valence-electron chi connectivity index (χ0n) is 16.5. The van der Waals surface area contributed by atoms with Crippen molar-refractivity contribution in [2.45, 2.75) is 55.5 Å². The molecule has 2 aliphatic carbocycles. The van der Waals surface area contributed by atoms with Gasteiger partial charge >= 0.3 is 5.69 Å². The number of nitrogens with zero attached hydrogens (tertiary/aromatic N) is 2. The summed E-state index contributed by atoms with van der Waals surface area (Å²) >= 11 is 0. The third-order valence-electron chi connectivity index (χ3n) is 6.33. The van der Waals surface area contributed by atoms with Crippen molar-refractivity contribution in [2.75, 3.05) is 0 Å². The summed E-state index contributed by atoms with van der Waals surface area (Å²) in [6.07, 6.45) is 3.15. The molecule has 6 rings (SSSR count). The molecule has 2 atom stereocenters. The molecule has 0 aromatic heterocycles. The van der Waals surface area contributed by atoms with Gasteiger partial charge in [0.05, 0.1) is 22.7 Å². The minimum atomic E-state index is -0.645. The lowest BCUT2D eigenvalue weighted by molar-refractivity contribution is -0.385. The summed E-state index contributed by atoms with van der Waals surface area (Å²) in [5.41, 5.74) is -1.32. The van der Waals surface area contributed by atoms with Crippen LogP contribution in [0.3, 0.4) is 0 Å². The Morgan fingerprint density at radius 2 is 1.55 bits per heavy atom. The van der Waals surface area contributed by atoms with Gasteiger partial charge in [0, 0.05) is 50.3 Å². The molecule has 2 aromatic carbocycles. The van der Waals surface area contributed by atoms with Crippen LogP contribution in [-0.4, -0.2) is 38.5 Å². The van der Waals surface area contributed by atoms with Gasteiger partial charge in [0.2, 0.25) is 0 Å². The zero-order valence-corrected chi connectivity index (χ0v) is 16.5. The molecule has 4 fully saturated rings. The maximum Gasteiger partial charge on any atom is 0.310 e. The summed E-state index contributed by atoms with van der Waals surface area (Å²) in [4.78, 5) is 10.3. The van der Waals surface area contributed by atoms with Crippen LogP contribution in [0.1, 0.15) is 37.7 Å². The van der Waals surface area contributed by atoms with Crippen LogP contribution in [-0.2, 0) is 4.74 Å². The first kappa shape index (κ1) is 19.5. The van der Waals surface area contributed by atoms with Crippen molar-refractivity contribution in [3.05, 3.63) is 52.1 Å². The lowest BCUT2D eigenvalue weighted by atomic mass is 9.62. The third-order valence-corrected chi connectivity index (χ3v) is 6.33. The summed E-state index contributed by atoms with van der Waals surface area (Å²) in [5, 5.41) is 40.0. The van der Waals surface area contributed by atoms with Crippen molar-refractivity contribution in [3.8, 4) is 29.1 Å². The number of rotatable bonds is 5.